The number of nitrogens with zero attached hydrogens (tertiary/aromatic N) is 1. The number of furan rings is 1. The van der Waals surface area contributed by atoms with Gasteiger partial charge in [-0.3, -0.25) is 13.9 Å². The maximum Gasteiger partial charge on any atom is 0.279 e. The van der Waals surface area contributed by atoms with E-state index in [-0.39, 0.29) is 16.9 Å². The Morgan fingerprint density at radius 1 is 1.03 bits per heavy atom. The lowest BCUT2D eigenvalue weighted by molar-refractivity contribution is 0.0539. The Labute approximate surface area is 201 Å². The summed E-state index contributed by atoms with van der Waals surface area (Å²) in [5.41, 5.74) is 4.61. The number of para-hydroxylation sites is 1. The van der Waals surface area contributed by atoms with E-state index in [1.807, 2.05) is 0 Å². The molecule has 1 heterocycles. The number of methoxy groups -OCH3 is 1. The topological polar surface area (TPSA) is 98.1 Å². The average molecular weight is 499 g/mol. The minimum Gasteiger partial charge on any atom is -0.496 e. The van der Waals surface area contributed by atoms with Gasteiger partial charge in [0.1, 0.15) is 22.9 Å². The first-order chi connectivity index (χ1) is 16.7. The Bertz CT molecular complexity index is 1510. The van der Waals surface area contributed by atoms with E-state index in [1.165, 1.54) is 45.5 Å². The van der Waals surface area contributed by atoms with Crippen LogP contribution in [0, 0.1) is 5.82 Å². The molecular formula is C25H23FN2O6S. The highest BCUT2D eigenvalue weighted by atomic mass is 32.2. The molecule has 4 aromatic rings. The van der Waals surface area contributed by atoms with Crippen LogP contribution in [0.15, 0.2) is 65.1 Å². The van der Waals surface area contributed by atoms with Crippen molar-refractivity contribution in [3.05, 3.63) is 72.0 Å². The summed E-state index contributed by atoms with van der Waals surface area (Å²) in [5, 5.41) is 0.408. The molecule has 35 heavy (non-hydrogen) atoms. The predicted octanol–water partition coefficient (Wildman–Crippen LogP) is 4.60. The Morgan fingerprint density at radius 3 is 2.34 bits per heavy atom. The summed E-state index contributed by atoms with van der Waals surface area (Å²) in [7, 11) is 0.594. The molecule has 0 aliphatic carbocycles. The van der Waals surface area contributed by atoms with E-state index in [1.54, 1.807) is 36.4 Å². The molecule has 3 aromatic carbocycles. The number of hydroxylamine groups is 1. The molecule has 8 nitrogen and oxygen atoms in total. The fourth-order valence-corrected chi connectivity index (χ4v) is 4.34. The summed E-state index contributed by atoms with van der Waals surface area (Å²) in [4.78, 5) is 17.9. The van der Waals surface area contributed by atoms with Crippen molar-refractivity contribution in [3.8, 4) is 28.2 Å². The van der Waals surface area contributed by atoms with Crippen LogP contribution < -0.4 is 14.5 Å². The van der Waals surface area contributed by atoms with Crippen LogP contribution in [0.4, 0.5) is 10.1 Å². The lowest BCUT2D eigenvalue weighted by Crippen LogP contribution is -2.25. The molecule has 10 heteroatoms. The molecule has 0 aliphatic rings. The van der Waals surface area contributed by atoms with Gasteiger partial charge in [-0.2, -0.15) is 0 Å². The molecule has 0 fully saturated rings. The Kier molecular flexibility index (Phi) is 6.51. The van der Waals surface area contributed by atoms with Gasteiger partial charge in [0.15, 0.2) is 0 Å². The number of rotatable bonds is 7. The van der Waals surface area contributed by atoms with Gasteiger partial charge in [0.2, 0.25) is 10.0 Å². The first kappa shape index (κ1) is 24.2. The Hall–Kier alpha value is -3.89. The highest BCUT2D eigenvalue weighted by Crippen LogP contribution is 2.43. The third-order valence-electron chi connectivity index (χ3n) is 5.57. The van der Waals surface area contributed by atoms with Crippen molar-refractivity contribution in [1.29, 1.82) is 0 Å². The molecule has 0 saturated heterocycles. The molecule has 182 valence electrons. The number of ether oxygens (including phenoxy) is 1. The molecule has 0 saturated carbocycles. The lowest BCUT2D eigenvalue weighted by atomic mass is 9.98. The number of halogens is 1. The molecule has 1 aromatic heterocycles. The molecule has 0 atom stereocenters. The van der Waals surface area contributed by atoms with Gasteiger partial charge in [0, 0.05) is 35.2 Å². The molecular weight excluding hydrogens is 475 g/mol. The van der Waals surface area contributed by atoms with Crippen LogP contribution in [-0.4, -0.2) is 41.8 Å². The molecule has 0 spiro atoms. The summed E-state index contributed by atoms with van der Waals surface area (Å²) in [5.74, 6) is -0.330. The second kappa shape index (κ2) is 9.40. The second-order valence-electron chi connectivity index (χ2n) is 7.74. The standard InChI is InChI=1S/C25H23FN2O6S/c1-28(35(4,30)31)20-14-22-19(13-18(20)17-7-5-6-8-21(17)32-2)23(25(29)27-33-3)24(34-22)15-9-11-16(26)12-10-15/h5-14H,1-4H3,(H,27,29). The Morgan fingerprint density at radius 2 is 1.71 bits per heavy atom. The quantitative estimate of drug-likeness (QED) is 0.374. The van der Waals surface area contributed by atoms with Crippen molar-refractivity contribution in [2.24, 2.45) is 0 Å². The van der Waals surface area contributed by atoms with E-state index in [0.717, 1.165) is 10.6 Å². The number of anilines is 1. The molecule has 0 bridgehead atoms. The lowest BCUT2D eigenvalue weighted by Gasteiger charge is -2.21. The number of carbonyl (C=O) groups is 1. The zero-order chi connectivity index (χ0) is 25.3. The van der Waals surface area contributed by atoms with E-state index < -0.39 is 21.7 Å². The number of hydrogen-bond donors (Lipinski definition) is 1. The number of carbonyl (C=O) groups excluding carboxylic acids is 1. The summed E-state index contributed by atoms with van der Waals surface area (Å²) >= 11 is 0. The number of fused-ring (bicyclic) bond motifs is 1. The molecule has 0 radical (unpaired) electrons. The van der Waals surface area contributed by atoms with Gasteiger partial charge in [0.05, 0.1) is 31.7 Å². The summed E-state index contributed by atoms with van der Waals surface area (Å²) in [6.45, 7) is 0. The number of amides is 1. The smallest absolute Gasteiger partial charge is 0.279 e. The van der Waals surface area contributed by atoms with Crippen molar-refractivity contribution in [3.63, 3.8) is 0 Å². The van der Waals surface area contributed by atoms with E-state index in [0.29, 0.717) is 33.5 Å². The molecule has 0 unspecified atom stereocenters. The van der Waals surface area contributed by atoms with Gasteiger partial charge in [-0.1, -0.05) is 18.2 Å². The van der Waals surface area contributed by atoms with Gasteiger partial charge in [-0.15, -0.1) is 0 Å². The van der Waals surface area contributed by atoms with E-state index in [2.05, 4.69) is 5.48 Å². The summed E-state index contributed by atoms with van der Waals surface area (Å²) < 4.78 is 51.2. The highest BCUT2D eigenvalue weighted by molar-refractivity contribution is 7.92. The molecule has 1 amide bonds. The van der Waals surface area contributed by atoms with Crippen LogP contribution in [0.3, 0.4) is 0 Å². The van der Waals surface area contributed by atoms with E-state index in [4.69, 9.17) is 14.0 Å². The van der Waals surface area contributed by atoms with Crippen molar-refractivity contribution >= 4 is 32.6 Å². The maximum atomic E-state index is 13.5. The third kappa shape index (κ3) is 4.58. The number of benzene rings is 3. The van der Waals surface area contributed by atoms with Crippen LogP contribution in [0.5, 0.6) is 5.75 Å². The SMILES string of the molecule is CONC(=O)c1c(-c2ccc(F)cc2)oc2cc(N(C)S(C)(=O)=O)c(-c3ccccc3OC)cc12. The van der Waals surface area contributed by atoms with Crippen LogP contribution >= 0.6 is 0 Å². The van der Waals surface area contributed by atoms with Crippen molar-refractivity contribution in [2.45, 2.75) is 0 Å². The second-order valence-corrected chi connectivity index (χ2v) is 9.76. The summed E-state index contributed by atoms with van der Waals surface area (Å²) in [6, 6.07) is 15.8. The molecule has 0 aliphatic heterocycles. The van der Waals surface area contributed by atoms with Gasteiger partial charge in [-0.25, -0.2) is 18.3 Å². The first-order valence-electron chi connectivity index (χ1n) is 10.4. The number of hydrogen-bond acceptors (Lipinski definition) is 6. The summed E-state index contributed by atoms with van der Waals surface area (Å²) in [6.07, 6.45) is 1.09. The molecule has 1 N–H and O–H groups in total. The minimum atomic E-state index is -3.65. The zero-order valence-electron chi connectivity index (χ0n) is 19.5. The van der Waals surface area contributed by atoms with Crippen LogP contribution in [0.1, 0.15) is 10.4 Å². The van der Waals surface area contributed by atoms with Crippen LogP contribution in [0.25, 0.3) is 33.4 Å². The van der Waals surface area contributed by atoms with Gasteiger partial charge < -0.3 is 9.15 Å². The van der Waals surface area contributed by atoms with E-state index >= 15 is 0 Å². The van der Waals surface area contributed by atoms with Crippen molar-refractivity contribution in [2.75, 3.05) is 31.8 Å². The predicted molar refractivity (Wildman–Crippen MR) is 131 cm³/mol. The highest BCUT2D eigenvalue weighted by Gasteiger charge is 2.27. The third-order valence-corrected chi connectivity index (χ3v) is 6.76. The fraction of sp³-hybridized carbons (Fsp3) is 0.160. The largest absolute Gasteiger partial charge is 0.496 e. The average Bonchev–Trinajstić information content (AvgIpc) is 3.21. The minimum absolute atomic E-state index is 0.151. The number of nitrogens with one attached hydrogen (secondary N) is 1. The van der Waals surface area contributed by atoms with Crippen LogP contribution in [-0.2, 0) is 14.9 Å². The van der Waals surface area contributed by atoms with Crippen molar-refractivity contribution < 1.29 is 31.6 Å². The van der Waals surface area contributed by atoms with Crippen LogP contribution in [0.2, 0.25) is 0 Å². The Balaban J connectivity index is 2.10. The molecule has 4 rings (SSSR count). The van der Waals surface area contributed by atoms with Gasteiger partial charge >= 0.3 is 0 Å². The van der Waals surface area contributed by atoms with Gasteiger partial charge in [-0.05, 0) is 36.4 Å². The number of sulfonamides is 1. The van der Waals surface area contributed by atoms with E-state index in [9.17, 15) is 17.6 Å². The monoisotopic (exact) mass is 498 g/mol. The normalized spacial score (nSPS) is 11.5. The van der Waals surface area contributed by atoms with Crippen molar-refractivity contribution in [1.82, 2.24) is 5.48 Å². The fourth-order valence-electron chi connectivity index (χ4n) is 3.83. The zero-order valence-corrected chi connectivity index (χ0v) is 20.3. The first-order valence-corrected chi connectivity index (χ1v) is 12.3. The maximum absolute atomic E-state index is 13.5. The van der Waals surface area contributed by atoms with Gasteiger partial charge in [0.25, 0.3) is 5.91 Å².